The Morgan fingerprint density at radius 3 is 1.38 bits per heavy atom. The molecule has 0 radical (unpaired) electrons. The summed E-state index contributed by atoms with van der Waals surface area (Å²) < 4.78 is 4.65. The molecule has 0 unspecified atom stereocenters. The van der Waals surface area contributed by atoms with Gasteiger partial charge in [-0.1, -0.05) is 136 Å². The van der Waals surface area contributed by atoms with Crippen LogP contribution in [-0.4, -0.2) is 22.6 Å². The average Bonchev–Trinajstić information content (AvgIpc) is 3.88. The third-order valence-corrected chi connectivity index (χ3v) is 12.6. The van der Waals surface area contributed by atoms with Crippen LogP contribution in [0.25, 0.3) is 55.0 Å². The van der Waals surface area contributed by atoms with Crippen molar-refractivity contribution in [2.24, 2.45) is 0 Å². The van der Waals surface area contributed by atoms with E-state index in [-0.39, 0.29) is 13.4 Å². The highest BCUT2D eigenvalue weighted by Crippen LogP contribution is 2.42. The molecule has 0 saturated heterocycles. The number of allylic oxidation sites excluding steroid dienone is 3. The van der Waals surface area contributed by atoms with Crippen LogP contribution in [0.2, 0.25) is 0 Å². The molecule has 0 atom stereocenters. The van der Waals surface area contributed by atoms with Crippen molar-refractivity contribution in [3.05, 3.63) is 217 Å². The van der Waals surface area contributed by atoms with Crippen LogP contribution >= 0.6 is 0 Å². The van der Waals surface area contributed by atoms with Crippen molar-refractivity contribution < 1.29 is 0 Å². The zero-order chi connectivity index (χ0) is 44.6. The molecule has 65 heavy (non-hydrogen) atoms. The van der Waals surface area contributed by atoms with Gasteiger partial charge in [0.05, 0.1) is 68.6 Å². The summed E-state index contributed by atoms with van der Waals surface area (Å²) in [5.41, 5.74) is 14.9. The van der Waals surface area contributed by atoms with Crippen LogP contribution in [-0.2, 0) is 0 Å². The summed E-state index contributed by atoms with van der Waals surface area (Å²) in [7, 11) is 0. The number of benzene rings is 8. The third kappa shape index (κ3) is 6.85. The third-order valence-electron chi connectivity index (χ3n) is 12.6. The first-order chi connectivity index (χ1) is 32.0. The Bertz CT molecular complexity index is 3600. The van der Waals surface area contributed by atoms with E-state index in [1.54, 1.807) is 0 Å². The Morgan fingerprint density at radius 2 is 0.892 bits per heavy atom. The van der Waals surface area contributed by atoms with Crippen LogP contribution in [0.4, 0.5) is 0 Å². The smallest absolute Gasteiger partial charge is 0.241 e. The van der Waals surface area contributed by atoms with Crippen molar-refractivity contribution in [3.8, 4) is 30.0 Å². The van der Waals surface area contributed by atoms with Gasteiger partial charge in [0.2, 0.25) is 13.4 Å². The first-order valence-electron chi connectivity index (χ1n) is 21.4. The maximum Gasteiger partial charge on any atom is 0.241 e. The molecule has 8 aromatic carbocycles. The number of rotatable bonds is 9. The van der Waals surface area contributed by atoms with Gasteiger partial charge in [-0.2, -0.15) is 21.0 Å². The summed E-state index contributed by atoms with van der Waals surface area (Å²) in [5.74, 6) is 0. The molecule has 0 amide bonds. The van der Waals surface area contributed by atoms with Crippen molar-refractivity contribution in [3.63, 3.8) is 0 Å². The highest BCUT2D eigenvalue weighted by Gasteiger charge is 2.27. The molecular formula is C57H36B2N6. The molecule has 0 spiro atoms. The Kier molecular flexibility index (Phi) is 10.3. The largest absolute Gasteiger partial charge is 0.310 e. The minimum absolute atomic E-state index is 0.162. The highest BCUT2D eigenvalue weighted by molar-refractivity contribution is 6.96. The molecule has 0 aliphatic carbocycles. The van der Waals surface area contributed by atoms with Gasteiger partial charge >= 0.3 is 0 Å². The molecule has 10 aromatic rings. The number of nitrogens with zero attached hydrogens (tertiary/aromatic N) is 6. The van der Waals surface area contributed by atoms with E-state index in [9.17, 15) is 21.0 Å². The molecule has 8 heteroatoms. The molecule has 10 rings (SSSR count). The number of hydrogen-bond acceptors (Lipinski definition) is 4. The topological polar surface area (TPSA) is 105 Å². The molecule has 0 aliphatic rings. The molecular weight excluding hydrogens is 790 g/mol. The van der Waals surface area contributed by atoms with Crippen LogP contribution in [0.1, 0.15) is 29.2 Å². The van der Waals surface area contributed by atoms with Gasteiger partial charge in [0.1, 0.15) is 0 Å². The van der Waals surface area contributed by atoms with E-state index in [0.29, 0.717) is 22.3 Å². The van der Waals surface area contributed by atoms with Crippen molar-refractivity contribution >= 4 is 95.5 Å². The van der Waals surface area contributed by atoms with Gasteiger partial charge in [0.25, 0.3) is 0 Å². The molecule has 6 nitrogen and oxygen atoms in total. The maximum absolute atomic E-state index is 9.65. The van der Waals surface area contributed by atoms with Gasteiger partial charge in [0, 0.05) is 32.9 Å². The molecule has 0 bridgehead atoms. The van der Waals surface area contributed by atoms with Crippen molar-refractivity contribution in [2.75, 3.05) is 0 Å². The second-order valence-corrected chi connectivity index (χ2v) is 16.1. The van der Waals surface area contributed by atoms with E-state index in [4.69, 9.17) is 0 Å². The van der Waals surface area contributed by atoms with Gasteiger partial charge < -0.3 is 9.13 Å². The zero-order valence-electron chi connectivity index (χ0n) is 35.4. The SMILES string of the molecule is C=C/C(=C\C)n1c2ccc(B(c3ccc(C#N)cc3)c3ccc(C#N)cc3)cc2c2c3c4ccccc4n(-c4cccc(B(c5ccc(C#N)cc5)c5ccc(C#N)cc5)c4)c3ccc21. The van der Waals surface area contributed by atoms with Gasteiger partial charge in [-0.3, -0.25) is 0 Å². The fourth-order valence-electron chi connectivity index (χ4n) is 9.66. The minimum atomic E-state index is -0.178. The standard InChI is InChI=1S/C57H36B2N6/c1-3-48(4-2)64-53-29-28-47(59(44-24-16-40(36-62)17-25-44)45-26-18-41(37-63)19-27-45)33-51(53)57-55(64)31-30-54-56(57)50-10-5-6-11-52(50)65(54)49-9-7-8-46(32-49)58(42-20-12-38(34-60)13-21-42)43-22-14-39(35-61)15-23-43/h3-33H,1H2,2H3/b48-4+. The lowest BCUT2D eigenvalue weighted by Crippen LogP contribution is -2.52. The van der Waals surface area contributed by atoms with E-state index >= 15 is 0 Å². The minimum Gasteiger partial charge on any atom is -0.310 e. The van der Waals surface area contributed by atoms with Crippen LogP contribution in [0.5, 0.6) is 0 Å². The summed E-state index contributed by atoms with van der Waals surface area (Å²) in [6.45, 7) is 5.92. The monoisotopic (exact) mass is 826 g/mol. The lowest BCUT2D eigenvalue weighted by molar-refractivity contribution is 1.18. The summed E-state index contributed by atoms with van der Waals surface area (Å²) in [6.07, 6.45) is 3.99. The Morgan fingerprint density at radius 1 is 0.446 bits per heavy atom. The van der Waals surface area contributed by atoms with Crippen LogP contribution in [0, 0.1) is 45.3 Å². The second kappa shape index (κ2) is 16.7. The number of nitriles is 4. The fraction of sp³-hybridized carbons (Fsp3) is 0.0175. The summed E-state index contributed by atoms with van der Waals surface area (Å²) in [5, 5.41) is 43.0. The van der Waals surface area contributed by atoms with Crippen LogP contribution < -0.4 is 32.8 Å². The predicted octanol–water partition coefficient (Wildman–Crippen LogP) is 8.46. The van der Waals surface area contributed by atoms with Gasteiger partial charge in [-0.15, -0.1) is 0 Å². The van der Waals surface area contributed by atoms with E-state index in [1.807, 2.05) is 110 Å². The van der Waals surface area contributed by atoms with Gasteiger partial charge in [0.15, 0.2) is 0 Å². The molecule has 0 saturated carbocycles. The first kappa shape index (κ1) is 40.0. The lowest BCUT2D eigenvalue weighted by Gasteiger charge is -2.18. The van der Waals surface area contributed by atoms with Crippen molar-refractivity contribution in [2.45, 2.75) is 6.92 Å². The highest BCUT2D eigenvalue weighted by atomic mass is 15.0. The van der Waals surface area contributed by atoms with Crippen LogP contribution in [0.15, 0.2) is 195 Å². The first-order valence-corrected chi connectivity index (χ1v) is 21.4. The van der Waals surface area contributed by atoms with Gasteiger partial charge in [-0.05, 0) is 97.9 Å². The summed E-state index contributed by atoms with van der Waals surface area (Å²) in [4.78, 5) is 0. The average molecular weight is 827 g/mol. The summed E-state index contributed by atoms with van der Waals surface area (Å²) in [6, 6.07) is 68.5. The molecule has 2 heterocycles. The van der Waals surface area contributed by atoms with E-state index in [2.05, 4.69) is 125 Å². The second-order valence-electron chi connectivity index (χ2n) is 16.1. The molecule has 0 N–H and O–H groups in total. The number of hydrogen-bond donors (Lipinski definition) is 0. The van der Waals surface area contributed by atoms with E-state index < -0.39 is 0 Å². The quantitative estimate of drug-likeness (QED) is 0.108. The Labute approximate surface area is 377 Å². The van der Waals surface area contributed by atoms with Crippen molar-refractivity contribution in [1.29, 1.82) is 21.0 Å². The lowest BCUT2D eigenvalue weighted by atomic mass is 9.37. The predicted molar refractivity (Wildman–Crippen MR) is 268 cm³/mol. The number of para-hydroxylation sites is 1. The van der Waals surface area contributed by atoms with Gasteiger partial charge in [-0.25, -0.2) is 0 Å². The summed E-state index contributed by atoms with van der Waals surface area (Å²) >= 11 is 0. The normalized spacial score (nSPS) is 11.2. The van der Waals surface area contributed by atoms with E-state index in [0.717, 1.165) is 87.8 Å². The Balaban J connectivity index is 1.23. The maximum atomic E-state index is 9.65. The Hall–Kier alpha value is -9.07. The molecule has 0 aliphatic heterocycles. The molecule has 2 aromatic heterocycles. The van der Waals surface area contributed by atoms with E-state index in [1.165, 1.54) is 0 Å². The molecule has 300 valence electrons. The zero-order valence-corrected chi connectivity index (χ0v) is 35.4. The number of fused-ring (bicyclic) bond motifs is 7. The van der Waals surface area contributed by atoms with Crippen molar-refractivity contribution in [1.82, 2.24) is 9.13 Å². The van der Waals surface area contributed by atoms with Crippen LogP contribution in [0.3, 0.4) is 0 Å². The number of aromatic nitrogens is 2. The molecule has 0 fully saturated rings. The fourth-order valence-corrected chi connectivity index (χ4v) is 9.66.